The van der Waals surface area contributed by atoms with E-state index in [1.54, 1.807) is 0 Å². The minimum Gasteiger partial charge on any atom is -0.468 e. The monoisotopic (exact) mass is 394 g/mol. The number of amides is 2. The van der Waals surface area contributed by atoms with Gasteiger partial charge in [-0.2, -0.15) is 0 Å². The van der Waals surface area contributed by atoms with Gasteiger partial charge >= 0.3 is 0 Å². The van der Waals surface area contributed by atoms with Crippen LogP contribution in [-0.4, -0.2) is 40.7 Å². The van der Waals surface area contributed by atoms with Crippen LogP contribution in [0, 0.1) is 19.8 Å². The normalized spacial score (nSPS) is 25.2. The lowest BCUT2D eigenvalue weighted by atomic mass is 9.73. The summed E-state index contributed by atoms with van der Waals surface area (Å²) < 4.78 is 6.17. The molecule has 2 N–H and O–H groups in total. The molecule has 3 atom stereocenters. The number of benzene rings is 2. The fourth-order valence-electron chi connectivity index (χ4n) is 4.62. The number of para-hydroxylation sites is 1. The number of aliphatic hydroxyl groups excluding tert-OH is 1. The first-order chi connectivity index (χ1) is 13.8. The Labute approximate surface area is 170 Å². The van der Waals surface area contributed by atoms with Gasteiger partial charge in [-0.15, -0.1) is 0 Å². The molecule has 0 spiro atoms. The first-order valence-corrected chi connectivity index (χ1v) is 9.92. The largest absolute Gasteiger partial charge is 0.468 e. The Hall–Kier alpha value is -2.86. The molecule has 0 radical (unpaired) electrons. The molecule has 0 unspecified atom stereocenters. The second-order valence-electron chi connectivity index (χ2n) is 8.12. The highest BCUT2D eigenvalue weighted by molar-refractivity contribution is 6.08. The van der Waals surface area contributed by atoms with Crippen LogP contribution in [-0.2, 0) is 9.59 Å². The molecule has 1 saturated heterocycles. The quantitative estimate of drug-likeness (QED) is 0.782. The molecule has 29 heavy (non-hydrogen) atoms. The zero-order valence-electron chi connectivity index (χ0n) is 16.9. The molecular formula is C23H26N2O4. The van der Waals surface area contributed by atoms with Crippen molar-refractivity contribution < 1.29 is 19.4 Å². The minimum absolute atomic E-state index is 0.123. The Bertz CT molecular complexity index is 973. The predicted molar refractivity (Wildman–Crippen MR) is 110 cm³/mol. The first kappa shape index (κ1) is 19.5. The highest BCUT2D eigenvalue weighted by atomic mass is 16.5. The first-order valence-electron chi connectivity index (χ1n) is 9.92. The van der Waals surface area contributed by atoms with Gasteiger partial charge in [-0.05, 0) is 44.0 Å². The van der Waals surface area contributed by atoms with Crippen molar-refractivity contribution in [2.24, 2.45) is 5.92 Å². The highest BCUT2D eigenvalue weighted by Crippen LogP contribution is 2.50. The summed E-state index contributed by atoms with van der Waals surface area (Å²) in [5.41, 5.74) is 2.76. The van der Waals surface area contributed by atoms with E-state index < -0.39 is 11.6 Å². The molecule has 2 bridgehead atoms. The van der Waals surface area contributed by atoms with E-state index in [0.717, 1.165) is 16.7 Å². The summed E-state index contributed by atoms with van der Waals surface area (Å²) in [6, 6.07) is 13.4. The average Bonchev–Trinajstić information content (AvgIpc) is 2.67. The van der Waals surface area contributed by atoms with E-state index in [1.165, 1.54) is 4.90 Å². The van der Waals surface area contributed by atoms with Gasteiger partial charge in [0.05, 0.1) is 6.61 Å². The minimum atomic E-state index is -0.880. The highest BCUT2D eigenvalue weighted by Gasteiger charge is 2.55. The van der Waals surface area contributed by atoms with Gasteiger partial charge in [-0.3, -0.25) is 9.59 Å². The van der Waals surface area contributed by atoms with Crippen LogP contribution < -0.4 is 10.1 Å². The Morgan fingerprint density at radius 2 is 2.03 bits per heavy atom. The maximum absolute atomic E-state index is 13.4. The Kier molecular flexibility index (Phi) is 4.82. The van der Waals surface area contributed by atoms with Crippen LogP contribution in [0.5, 0.6) is 5.75 Å². The third-order valence-electron chi connectivity index (χ3n) is 6.00. The summed E-state index contributed by atoms with van der Waals surface area (Å²) in [6.07, 6.45) is 0.501. The third-order valence-corrected chi connectivity index (χ3v) is 6.00. The van der Waals surface area contributed by atoms with Gasteiger partial charge < -0.3 is 20.1 Å². The summed E-state index contributed by atoms with van der Waals surface area (Å²) >= 11 is 0. The second kappa shape index (κ2) is 7.19. The van der Waals surface area contributed by atoms with E-state index >= 15 is 0 Å². The van der Waals surface area contributed by atoms with Crippen LogP contribution in [0.2, 0.25) is 0 Å². The van der Waals surface area contributed by atoms with Crippen molar-refractivity contribution in [2.75, 3.05) is 18.5 Å². The molecule has 2 amide bonds. The van der Waals surface area contributed by atoms with Crippen molar-refractivity contribution in [3.8, 4) is 5.75 Å². The van der Waals surface area contributed by atoms with E-state index in [0.29, 0.717) is 17.9 Å². The topological polar surface area (TPSA) is 78.9 Å². The van der Waals surface area contributed by atoms with Crippen molar-refractivity contribution in [2.45, 2.75) is 38.8 Å². The molecule has 0 aromatic heterocycles. The molecule has 6 heteroatoms. The lowest BCUT2D eigenvalue weighted by molar-refractivity contribution is -0.176. The molecule has 4 rings (SSSR count). The number of fused-ring (bicyclic) bond motifs is 4. The van der Waals surface area contributed by atoms with Crippen molar-refractivity contribution >= 4 is 17.5 Å². The Morgan fingerprint density at radius 3 is 2.76 bits per heavy atom. The van der Waals surface area contributed by atoms with Crippen LogP contribution in [0.15, 0.2) is 42.5 Å². The van der Waals surface area contributed by atoms with Gasteiger partial charge in [0.2, 0.25) is 11.8 Å². The number of aryl methyl sites for hydroxylation is 2. The standard InChI is InChI=1S/C23H26N2O4/c1-14-8-9-18(15(2)12-14)24-21(27)20-17-13-23(3,25(10-11-26)22(20)28)29-19-7-5-4-6-16(17)19/h4-9,12,17,20,26H,10-11,13H2,1-3H3,(H,24,27)/t17-,20+,23+/m1/s1. The van der Waals surface area contributed by atoms with Crippen LogP contribution in [0.25, 0.3) is 0 Å². The lowest BCUT2D eigenvalue weighted by Crippen LogP contribution is -2.64. The predicted octanol–water partition coefficient (Wildman–Crippen LogP) is 2.98. The summed E-state index contributed by atoms with van der Waals surface area (Å²) in [7, 11) is 0. The van der Waals surface area contributed by atoms with Crippen LogP contribution in [0.1, 0.15) is 36.0 Å². The summed E-state index contributed by atoms with van der Waals surface area (Å²) in [5.74, 6) is -1.10. The van der Waals surface area contributed by atoms with Crippen LogP contribution in [0.3, 0.4) is 0 Å². The van der Waals surface area contributed by atoms with Gasteiger partial charge in [0.25, 0.3) is 0 Å². The van der Waals surface area contributed by atoms with E-state index in [9.17, 15) is 14.7 Å². The van der Waals surface area contributed by atoms with Crippen molar-refractivity contribution in [3.63, 3.8) is 0 Å². The average molecular weight is 394 g/mol. The number of nitrogens with zero attached hydrogens (tertiary/aromatic N) is 1. The smallest absolute Gasteiger partial charge is 0.238 e. The maximum Gasteiger partial charge on any atom is 0.238 e. The van der Waals surface area contributed by atoms with Crippen molar-refractivity contribution in [1.82, 2.24) is 4.90 Å². The number of hydrogen-bond acceptors (Lipinski definition) is 4. The van der Waals surface area contributed by atoms with E-state index in [4.69, 9.17) is 4.74 Å². The van der Waals surface area contributed by atoms with Crippen LogP contribution >= 0.6 is 0 Å². The van der Waals surface area contributed by atoms with E-state index in [1.807, 2.05) is 63.2 Å². The fourth-order valence-corrected chi connectivity index (χ4v) is 4.62. The number of carbonyl (C=O) groups excluding carboxylic acids is 2. The van der Waals surface area contributed by atoms with Crippen molar-refractivity contribution in [3.05, 3.63) is 59.2 Å². The molecule has 2 heterocycles. The fraction of sp³-hybridized carbons (Fsp3) is 0.391. The van der Waals surface area contributed by atoms with Crippen molar-refractivity contribution in [1.29, 1.82) is 0 Å². The summed E-state index contributed by atoms with van der Waals surface area (Å²) in [5, 5.41) is 12.5. The number of likely N-dealkylation sites (tertiary alicyclic amines) is 1. The van der Waals surface area contributed by atoms with Gasteiger partial charge in [-0.1, -0.05) is 35.9 Å². The van der Waals surface area contributed by atoms with Gasteiger partial charge in [0, 0.05) is 24.6 Å². The molecule has 152 valence electrons. The molecule has 2 aliphatic rings. The van der Waals surface area contributed by atoms with Crippen LogP contribution in [0.4, 0.5) is 5.69 Å². The Morgan fingerprint density at radius 1 is 1.28 bits per heavy atom. The van der Waals surface area contributed by atoms with Gasteiger partial charge in [0.1, 0.15) is 11.7 Å². The molecular weight excluding hydrogens is 368 g/mol. The second-order valence-corrected chi connectivity index (χ2v) is 8.12. The molecule has 2 aliphatic heterocycles. The van der Waals surface area contributed by atoms with Gasteiger partial charge in [0.15, 0.2) is 5.72 Å². The van der Waals surface area contributed by atoms with Gasteiger partial charge in [-0.25, -0.2) is 0 Å². The number of rotatable bonds is 4. The molecule has 6 nitrogen and oxygen atoms in total. The molecule has 0 aliphatic carbocycles. The summed E-state index contributed by atoms with van der Waals surface area (Å²) in [6.45, 7) is 5.71. The number of aliphatic hydroxyl groups is 1. The Balaban J connectivity index is 1.73. The third kappa shape index (κ3) is 3.27. The summed E-state index contributed by atoms with van der Waals surface area (Å²) in [4.78, 5) is 28.2. The zero-order chi connectivity index (χ0) is 20.8. The maximum atomic E-state index is 13.4. The lowest BCUT2D eigenvalue weighted by Gasteiger charge is -2.52. The molecule has 2 aromatic rings. The number of nitrogens with one attached hydrogen (secondary N) is 1. The molecule has 2 aromatic carbocycles. The number of carbonyl (C=O) groups is 2. The zero-order valence-corrected chi connectivity index (χ0v) is 16.9. The number of piperidine rings is 1. The molecule has 1 fully saturated rings. The number of hydrogen-bond donors (Lipinski definition) is 2. The SMILES string of the molecule is Cc1ccc(NC(=O)[C@H]2C(=O)N(CCO)[C@]3(C)C[C@@H]2c2ccccc2O3)c(C)c1. The van der Waals surface area contributed by atoms with E-state index in [-0.39, 0.29) is 30.9 Å². The van der Waals surface area contributed by atoms with E-state index in [2.05, 4.69) is 5.32 Å². The molecule has 0 saturated carbocycles. The number of anilines is 1. The number of β-amino-alcohol motifs (C(OH)–C–C–N with tert-alkyl or cyclic N) is 1. The number of ether oxygens (including phenoxy) is 1.